The van der Waals surface area contributed by atoms with Gasteiger partial charge < -0.3 is 39.4 Å². The number of aliphatic hydroxyl groups is 2. The van der Waals surface area contributed by atoms with Crippen molar-refractivity contribution in [3.05, 3.63) is 83.0 Å². The molecule has 0 bridgehead atoms. The van der Waals surface area contributed by atoms with Crippen molar-refractivity contribution in [3.63, 3.8) is 0 Å². The summed E-state index contributed by atoms with van der Waals surface area (Å²) < 4.78 is 22.0. The number of ether oxygens (including phenoxy) is 4. The van der Waals surface area contributed by atoms with Gasteiger partial charge in [0.25, 0.3) is 0 Å². The number of hydrogen-bond donors (Lipinski definition) is 4. The molecule has 0 unspecified atom stereocenters. The van der Waals surface area contributed by atoms with E-state index in [0.29, 0.717) is 62.5 Å². The molecule has 2 aromatic rings. The van der Waals surface area contributed by atoms with Crippen molar-refractivity contribution in [2.24, 2.45) is 11.8 Å². The van der Waals surface area contributed by atoms with Crippen molar-refractivity contribution in [2.75, 3.05) is 13.2 Å². The molecule has 4 N–H and O–H groups in total. The van der Waals surface area contributed by atoms with Crippen LogP contribution >= 0.6 is 0 Å². The molecule has 0 fully saturated rings. The number of phenolic OH excluding ortho intramolecular Hbond substituents is 2. The molecule has 2 aromatic carbocycles. The first kappa shape index (κ1) is 53.7. The third-order valence-electron chi connectivity index (χ3n) is 11.9. The van der Waals surface area contributed by atoms with Crippen molar-refractivity contribution in [1.29, 1.82) is 0 Å². The number of esters is 4. The standard InChI is InChI=1S/2C26H38O6/c2*1-3-4-5-6-7-15-24(29)31-17-16-21-18-23(28)19(2)11-8-9-12-20-13-10-14-22(27)25(20)26(30)32-21/h2*8-10,13-14,19,21,23,27-28H,3-7,11-12,15-18H2,1-2H3/b2*9-8+/t2*19-,21-,23+/m11/s1. The van der Waals surface area contributed by atoms with Crippen LogP contribution in [0, 0.1) is 11.8 Å². The number of carbonyl (C=O) groups is 4. The first-order valence-electron chi connectivity index (χ1n) is 23.8. The molecule has 4 rings (SSSR count). The average molecular weight is 893 g/mol. The van der Waals surface area contributed by atoms with E-state index in [1.165, 1.54) is 25.0 Å². The summed E-state index contributed by atoms with van der Waals surface area (Å²) in [5.74, 6) is -1.99. The van der Waals surface area contributed by atoms with Crippen LogP contribution in [-0.4, -0.2) is 81.9 Å². The van der Waals surface area contributed by atoms with Crippen LogP contribution in [0.3, 0.4) is 0 Å². The summed E-state index contributed by atoms with van der Waals surface area (Å²) in [4.78, 5) is 49.7. The predicted octanol–water partition coefficient (Wildman–Crippen LogP) is 10.2. The minimum Gasteiger partial charge on any atom is -0.507 e. The first-order chi connectivity index (χ1) is 30.8. The van der Waals surface area contributed by atoms with Crippen LogP contribution in [0.2, 0.25) is 0 Å². The average Bonchev–Trinajstić information content (AvgIpc) is 3.25. The van der Waals surface area contributed by atoms with Gasteiger partial charge in [0.1, 0.15) is 34.8 Å². The number of benzene rings is 2. The van der Waals surface area contributed by atoms with E-state index in [2.05, 4.69) is 13.8 Å². The highest BCUT2D eigenvalue weighted by Gasteiger charge is 2.28. The summed E-state index contributed by atoms with van der Waals surface area (Å²) in [6.45, 7) is 8.46. The molecule has 0 saturated carbocycles. The van der Waals surface area contributed by atoms with E-state index < -0.39 is 36.4 Å². The number of hydrogen-bond acceptors (Lipinski definition) is 12. The van der Waals surface area contributed by atoms with Gasteiger partial charge in [0, 0.05) is 38.5 Å². The highest BCUT2D eigenvalue weighted by Crippen LogP contribution is 2.28. The van der Waals surface area contributed by atoms with Crippen molar-refractivity contribution in [2.45, 2.75) is 181 Å². The Bertz CT molecular complexity index is 1640. The molecule has 12 heteroatoms. The minimum absolute atomic E-state index is 0.00111. The van der Waals surface area contributed by atoms with Gasteiger partial charge in [-0.1, -0.05) is 128 Å². The maximum Gasteiger partial charge on any atom is 0.342 e. The Kier molecular flexibility index (Phi) is 25.5. The second-order valence-corrected chi connectivity index (χ2v) is 17.4. The summed E-state index contributed by atoms with van der Waals surface area (Å²) in [6, 6.07) is 9.91. The van der Waals surface area contributed by atoms with Gasteiger partial charge in [-0.15, -0.1) is 0 Å². The topological polar surface area (TPSA) is 186 Å². The van der Waals surface area contributed by atoms with Gasteiger partial charge in [0.15, 0.2) is 0 Å². The summed E-state index contributed by atoms with van der Waals surface area (Å²) >= 11 is 0. The summed E-state index contributed by atoms with van der Waals surface area (Å²) in [7, 11) is 0. The van der Waals surface area contributed by atoms with Crippen molar-refractivity contribution >= 4 is 23.9 Å². The summed E-state index contributed by atoms with van der Waals surface area (Å²) in [5.41, 5.74) is 1.67. The SMILES string of the molecule is CCCCCCCC(=O)OCC[C@@H]1C[C@H](O)[C@H](C)C/C=C/Cc2cccc(O)c2C(=O)O1.CCCCCCCC(=O)OCC[C@@H]1C[C@H](O)[C@H](C)C/C=C/Cc2cccc(O)c2C(=O)O1. The van der Waals surface area contributed by atoms with Gasteiger partial charge in [0.05, 0.1) is 25.4 Å². The Balaban J connectivity index is 0.000000340. The van der Waals surface area contributed by atoms with Gasteiger partial charge in [-0.25, -0.2) is 9.59 Å². The van der Waals surface area contributed by atoms with Crippen LogP contribution in [0.5, 0.6) is 11.5 Å². The normalized spacial score (nSPS) is 22.7. The molecule has 6 atom stereocenters. The molecule has 0 amide bonds. The number of allylic oxidation sites excluding steroid dienone is 4. The van der Waals surface area contributed by atoms with Crippen molar-refractivity contribution in [3.8, 4) is 11.5 Å². The summed E-state index contributed by atoms with van der Waals surface area (Å²) in [5, 5.41) is 41.7. The van der Waals surface area contributed by atoms with E-state index in [4.69, 9.17) is 18.9 Å². The van der Waals surface area contributed by atoms with E-state index >= 15 is 0 Å². The van der Waals surface area contributed by atoms with Crippen LogP contribution in [0.15, 0.2) is 60.7 Å². The number of cyclic esters (lactones) is 2. The predicted molar refractivity (Wildman–Crippen MR) is 247 cm³/mol. The molecule has 0 aliphatic carbocycles. The Morgan fingerprint density at radius 2 is 0.984 bits per heavy atom. The van der Waals surface area contributed by atoms with Crippen LogP contribution in [0.25, 0.3) is 0 Å². The maximum absolute atomic E-state index is 12.9. The van der Waals surface area contributed by atoms with Crippen LogP contribution < -0.4 is 0 Å². The number of aliphatic hydroxyl groups excluding tert-OH is 2. The molecule has 356 valence electrons. The lowest BCUT2D eigenvalue weighted by Gasteiger charge is -2.25. The highest BCUT2D eigenvalue weighted by atomic mass is 16.6. The molecule has 0 aromatic heterocycles. The van der Waals surface area contributed by atoms with Gasteiger partial charge in [-0.2, -0.15) is 0 Å². The second-order valence-electron chi connectivity index (χ2n) is 17.4. The number of carbonyl (C=O) groups excluding carboxylic acids is 4. The smallest absolute Gasteiger partial charge is 0.342 e. The zero-order chi connectivity index (χ0) is 46.7. The molecule has 0 saturated heterocycles. The lowest BCUT2D eigenvalue weighted by Crippen LogP contribution is -2.29. The van der Waals surface area contributed by atoms with E-state index in [1.807, 2.05) is 38.2 Å². The van der Waals surface area contributed by atoms with E-state index in [-0.39, 0.29) is 72.5 Å². The molecule has 0 spiro atoms. The van der Waals surface area contributed by atoms with Crippen LogP contribution in [-0.2, 0) is 41.4 Å². The molecule has 2 heterocycles. The molecular weight excluding hydrogens is 817 g/mol. The number of rotatable bonds is 18. The number of aromatic hydroxyl groups is 2. The third-order valence-corrected chi connectivity index (χ3v) is 11.9. The van der Waals surface area contributed by atoms with Gasteiger partial charge in [-0.3, -0.25) is 9.59 Å². The monoisotopic (exact) mass is 893 g/mol. The lowest BCUT2D eigenvalue weighted by molar-refractivity contribution is -0.145. The fourth-order valence-corrected chi connectivity index (χ4v) is 7.71. The Labute approximate surface area is 381 Å². The first-order valence-corrected chi connectivity index (χ1v) is 23.8. The fraction of sp³-hybridized carbons (Fsp3) is 0.615. The highest BCUT2D eigenvalue weighted by molar-refractivity contribution is 5.95. The van der Waals surface area contributed by atoms with Crippen LogP contribution in [0.1, 0.15) is 175 Å². The quantitative estimate of drug-likeness (QED) is 0.0481. The fourth-order valence-electron chi connectivity index (χ4n) is 7.71. The second kappa shape index (κ2) is 30.5. The summed E-state index contributed by atoms with van der Waals surface area (Å²) in [6.07, 6.45) is 20.2. The zero-order valence-electron chi connectivity index (χ0n) is 38.8. The van der Waals surface area contributed by atoms with Gasteiger partial charge >= 0.3 is 23.9 Å². The molecule has 12 nitrogen and oxygen atoms in total. The zero-order valence-corrected chi connectivity index (χ0v) is 38.8. The van der Waals surface area contributed by atoms with Crippen LogP contribution in [0.4, 0.5) is 0 Å². The van der Waals surface area contributed by atoms with Crippen molar-refractivity contribution in [1.82, 2.24) is 0 Å². The number of phenols is 2. The molecule has 64 heavy (non-hydrogen) atoms. The Hall–Kier alpha value is -4.68. The van der Waals surface area contributed by atoms with Crippen molar-refractivity contribution < 1.29 is 58.6 Å². The molecule has 0 radical (unpaired) electrons. The third kappa shape index (κ3) is 20.0. The van der Waals surface area contributed by atoms with E-state index in [9.17, 15) is 39.6 Å². The van der Waals surface area contributed by atoms with E-state index in [1.54, 1.807) is 24.3 Å². The maximum atomic E-state index is 12.9. The van der Waals surface area contributed by atoms with E-state index in [0.717, 1.165) is 51.4 Å². The number of fused-ring (bicyclic) bond motifs is 2. The Morgan fingerprint density at radius 1 is 0.594 bits per heavy atom. The number of unbranched alkanes of at least 4 members (excludes halogenated alkanes) is 8. The molecular formula is C52H76O12. The Morgan fingerprint density at radius 3 is 1.38 bits per heavy atom. The molecule has 2 aliphatic heterocycles. The molecule has 2 aliphatic rings. The minimum atomic E-state index is -0.657. The lowest BCUT2D eigenvalue weighted by atomic mass is 9.94. The van der Waals surface area contributed by atoms with Gasteiger partial charge in [-0.05, 0) is 73.6 Å². The largest absolute Gasteiger partial charge is 0.507 e. The van der Waals surface area contributed by atoms with Gasteiger partial charge in [0.2, 0.25) is 0 Å².